The fourth-order valence-electron chi connectivity index (χ4n) is 3.03. The first-order chi connectivity index (χ1) is 13.2. The summed E-state index contributed by atoms with van der Waals surface area (Å²) in [5.74, 6) is 0.693. The molecule has 27 heavy (non-hydrogen) atoms. The van der Waals surface area contributed by atoms with E-state index >= 15 is 0 Å². The van der Waals surface area contributed by atoms with E-state index in [0.29, 0.717) is 43.8 Å². The molecule has 0 saturated carbocycles. The Hall–Kier alpha value is -3.38. The van der Waals surface area contributed by atoms with Gasteiger partial charge in [-0.1, -0.05) is 0 Å². The van der Waals surface area contributed by atoms with E-state index in [1.807, 2.05) is 49.1 Å². The van der Waals surface area contributed by atoms with Crippen molar-refractivity contribution in [2.75, 3.05) is 24.5 Å². The Kier molecular flexibility index (Phi) is 5.68. The molecule has 0 unspecified atom stereocenters. The lowest BCUT2D eigenvalue weighted by atomic mass is 10.1. The van der Waals surface area contributed by atoms with Gasteiger partial charge in [0.2, 0.25) is 0 Å². The van der Waals surface area contributed by atoms with Crippen LogP contribution in [0.15, 0.2) is 39.7 Å². The molecule has 0 saturated heterocycles. The van der Waals surface area contributed by atoms with Gasteiger partial charge in [0.05, 0.1) is 30.3 Å². The van der Waals surface area contributed by atoms with Gasteiger partial charge in [-0.05, 0) is 37.6 Å². The molecule has 1 aromatic rings. The molecule has 0 bridgehead atoms. The Morgan fingerprint density at radius 2 is 1.85 bits per heavy atom. The summed E-state index contributed by atoms with van der Waals surface area (Å²) < 4.78 is 6.11. The lowest BCUT2D eigenvalue weighted by molar-refractivity contribution is 0.611. The molecule has 136 valence electrons. The molecule has 6 heteroatoms. The van der Waals surface area contributed by atoms with E-state index in [0.717, 1.165) is 27.8 Å². The molecule has 6 nitrogen and oxygen atoms in total. The highest BCUT2D eigenvalue weighted by Crippen LogP contribution is 2.27. The topological polar surface area (TPSA) is 89.2 Å². The molecule has 0 amide bonds. The molecule has 0 spiro atoms. The predicted octanol–water partition coefficient (Wildman–Crippen LogP) is 3.80. The van der Waals surface area contributed by atoms with Crippen LogP contribution in [-0.2, 0) is 0 Å². The van der Waals surface area contributed by atoms with Gasteiger partial charge in [0.1, 0.15) is 11.2 Å². The van der Waals surface area contributed by atoms with E-state index in [2.05, 4.69) is 17.1 Å². The second kappa shape index (κ2) is 8.33. The summed E-state index contributed by atoms with van der Waals surface area (Å²) in [5, 5.41) is 18.7. The molecule has 1 aromatic carbocycles. The minimum atomic E-state index is 0.401. The van der Waals surface area contributed by atoms with Crippen LogP contribution in [0.2, 0.25) is 0 Å². The van der Waals surface area contributed by atoms with E-state index in [1.165, 1.54) is 0 Å². The van der Waals surface area contributed by atoms with Crippen molar-refractivity contribution in [3.05, 3.63) is 41.3 Å². The SMILES string of the molecule is CCN=c1cc2oc3cc(N(CCC#N)CCC#N)ccc3nc-2cc1C. The molecular formula is C21H21N5O. The molecule has 3 rings (SSSR count). The number of nitriles is 2. The Bertz CT molecular complexity index is 1050. The van der Waals surface area contributed by atoms with Gasteiger partial charge in [-0.2, -0.15) is 10.5 Å². The van der Waals surface area contributed by atoms with Gasteiger partial charge >= 0.3 is 0 Å². The van der Waals surface area contributed by atoms with Crippen molar-refractivity contribution in [2.45, 2.75) is 26.7 Å². The zero-order valence-electron chi connectivity index (χ0n) is 15.6. The van der Waals surface area contributed by atoms with Crippen LogP contribution in [0, 0.1) is 29.6 Å². The number of aromatic nitrogens is 1. The fourth-order valence-corrected chi connectivity index (χ4v) is 3.03. The van der Waals surface area contributed by atoms with Crippen LogP contribution in [0.5, 0.6) is 0 Å². The molecule has 0 radical (unpaired) electrons. The van der Waals surface area contributed by atoms with Gasteiger partial charge in [-0.3, -0.25) is 4.99 Å². The van der Waals surface area contributed by atoms with Crippen molar-refractivity contribution in [1.82, 2.24) is 4.98 Å². The number of hydrogen-bond acceptors (Lipinski definition) is 6. The Morgan fingerprint density at radius 1 is 1.11 bits per heavy atom. The minimum absolute atomic E-state index is 0.401. The second-order valence-corrected chi connectivity index (χ2v) is 6.25. The number of anilines is 1. The van der Waals surface area contributed by atoms with Crippen molar-refractivity contribution in [1.29, 1.82) is 10.5 Å². The summed E-state index contributed by atoms with van der Waals surface area (Å²) in [4.78, 5) is 11.2. The summed E-state index contributed by atoms with van der Waals surface area (Å²) in [6.07, 6.45) is 0.801. The second-order valence-electron chi connectivity index (χ2n) is 6.25. The summed E-state index contributed by atoms with van der Waals surface area (Å²) in [6.45, 7) is 5.88. The van der Waals surface area contributed by atoms with Crippen molar-refractivity contribution < 1.29 is 4.42 Å². The van der Waals surface area contributed by atoms with Crippen LogP contribution >= 0.6 is 0 Å². The minimum Gasteiger partial charge on any atom is -0.453 e. The van der Waals surface area contributed by atoms with Gasteiger partial charge in [-0.15, -0.1) is 0 Å². The summed E-state index contributed by atoms with van der Waals surface area (Å²) >= 11 is 0. The maximum Gasteiger partial charge on any atom is 0.155 e. The Labute approximate surface area is 158 Å². The van der Waals surface area contributed by atoms with Crippen molar-refractivity contribution in [3.8, 4) is 23.6 Å². The zero-order valence-corrected chi connectivity index (χ0v) is 15.6. The average Bonchev–Trinajstić information content (AvgIpc) is 2.67. The fraction of sp³-hybridized carbons (Fsp3) is 0.333. The number of fused-ring (bicyclic) bond motifs is 2. The monoisotopic (exact) mass is 359 g/mol. The molecule has 2 aliphatic rings. The van der Waals surface area contributed by atoms with Crippen LogP contribution in [0.25, 0.3) is 22.6 Å². The van der Waals surface area contributed by atoms with E-state index in [9.17, 15) is 0 Å². The third kappa shape index (κ3) is 4.07. The van der Waals surface area contributed by atoms with E-state index in [4.69, 9.17) is 19.9 Å². The van der Waals surface area contributed by atoms with Crippen molar-refractivity contribution >= 4 is 16.8 Å². The van der Waals surface area contributed by atoms with E-state index in [1.54, 1.807) is 0 Å². The largest absolute Gasteiger partial charge is 0.453 e. The van der Waals surface area contributed by atoms with Crippen LogP contribution < -0.4 is 10.3 Å². The maximum absolute atomic E-state index is 8.89. The summed E-state index contributed by atoms with van der Waals surface area (Å²) in [5.41, 5.74) is 4.23. The number of aryl methyl sites for hydroxylation is 1. The highest BCUT2D eigenvalue weighted by atomic mass is 16.3. The third-order valence-corrected chi connectivity index (χ3v) is 4.36. The van der Waals surface area contributed by atoms with Gasteiger partial charge in [0.15, 0.2) is 11.3 Å². The number of benzene rings is 2. The number of rotatable bonds is 6. The standard InChI is InChI=1S/C21H21N5O/c1-3-24-18-14-21-19(12-15(18)2)25-17-7-6-16(13-20(17)27-21)26(10-4-8-22)11-5-9-23/h6-7,12-14H,3-5,10-11H2,1-2H3. The van der Waals surface area contributed by atoms with Gasteiger partial charge in [0.25, 0.3) is 0 Å². The van der Waals surface area contributed by atoms with Gasteiger partial charge in [-0.25, -0.2) is 4.98 Å². The highest BCUT2D eigenvalue weighted by molar-refractivity contribution is 5.80. The quantitative estimate of drug-likeness (QED) is 0.625. The van der Waals surface area contributed by atoms with Crippen LogP contribution in [-0.4, -0.2) is 24.6 Å². The number of hydrogen-bond donors (Lipinski definition) is 0. The highest BCUT2D eigenvalue weighted by Gasteiger charge is 2.13. The third-order valence-electron chi connectivity index (χ3n) is 4.36. The molecular weight excluding hydrogens is 338 g/mol. The molecule has 0 atom stereocenters. The predicted molar refractivity (Wildman–Crippen MR) is 104 cm³/mol. The number of nitrogens with zero attached hydrogens (tertiary/aromatic N) is 5. The van der Waals surface area contributed by atoms with Gasteiger partial charge in [0, 0.05) is 37.5 Å². The molecule has 0 N–H and O–H groups in total. The Balaban J connectivity index is 2.08. The molecule has 0 aromatic heterocycles. The smallest absolute Gasteiger partial charge is 0.155 e. The lowest BCUT2D eigenvalue weighted by Crippen LogP contribution is -2.25. The van der Waals surface area contributed by atoms with Crippen LogP contribution in [0.1, 0.15) is 25.3 Å². The van der Waals surface area contributed by atoms with E-state index in [-0.39, 0.29) is 0 Å². The first kappa shape index (κ1) is 18.4. The van der Waals surface area contributed by atoms with E-state index < -0.39 is 0 Å². The molecule has 0 fully saturated rings. The lowest BCUT2D eigenvalue weighted by Gasteiger charge is -2.22. The first-order valence-electron chi connectivity index (χ1n) is 9.01. The maximum atomic E-state index is 8.89. The van der Waals surface area contributed by atoms with Gasteiger partial charge < -0.3 is 9.32 Å². The molecule has 1 heterocycles. The molecule has 1 aliphatic heterocycles. The first-order valence-corrected chi connectivity index (χ1v) is 9.01. The Morgan fingerprint density at radius 3 is 2.52 bits per heavy atom. The normalized spacial score (nSPS) is 11.5. The van der Waals surface area contributed by atoms with Crippen molar-refractivity contribution in [3.63, 3.8) is 0 Å². The summed E-state index contributed by atoms with van der Waals surface area (Å²) in [6, 6.07) is 14.0. The van der Waals surface area contributed by atoms with Crippen molar-refractivity contribution in [2.24, 2.45) is 4.99 Å². The zero-order chi connectivity index (χ0) is 19.2. The molecule has 1 aliphatic carbocycles. The van der Waals surface area contributed by atoms with Crippen LogP contribution in [0.3, 0.4) is 0 Å². The average molecular weight is 359 g/mol. The summed E-state index contributed by atoms with van der Waals surface area (Å²) in [7, 11) is 0. The van der Waals surface area contributed by atoms with Crippen LogP contribution in [0.4, 0.5) is 5.69 Å².